The van der Waals surface area contributed by atoms with E-state index >= 15 is 0 Å². The van der Waals surface area contributed by atoms with Crippen LogP contribution in [0.15, 0.2) is 52.3 Å². The SMILES string of the molecule is CSc1ccc(Cl)c(C(=O)N(C)CC(=O)Nc2ccccc2SC)c1. The molecule has 0 saturated heterocycles. The van der Waals surface area contributed by atoms with Crippen molar-refractivity contribution in [3.05, 3.63) is 53.1 Å². The number of likely N-dealkylation sites (N-methyl/N-ethyl adjacent to an activating group) is 1. The van der Waals surface area contributed by atoms with Gasteiger partial charge in [0, 0.05) is 16.8 Å². The second-order valence-electron chi connectivity index (χ2n) is 5.26. The molecule has 0 aliphatic heterocycles. The summed E-state index contributed by atoms with van der Waals surface area (Å²) < 4.78 is 0. The van der Waals surface area contributed by atoms with Gasteiger partial charge in [-0.25, -0.2) is 0 Å². The normalized spacial score (nSPS) is 10.4. The molecule has 2 aromatic rings. The van der Waals surface area contributed by atoms with Crippen molar-refractivity contribution in [2.75, 3.05) is 31.4 Å². The molecular weight excluding hydrogens is 376 g/mol. The molecule has 132 valence electrons. The van der Waals surface area contributed by atoms with Gasteiger partial charge < -0.3 is 10.2 Å². The molecule has 0 spiro atoms. The first kappa shape index (κ1) is 19.7. The van der Waals surface area contributed by atoms with Gasteiger partial charge >= 0.3 is 0 Å². The van der Waals surface area contributed by atoms with Crippen LogP contribution in [0.3, 0.4) is 0 Å². The van der Waals surface area contributed by atoms with Gasteiger partial charge in [-0.3, -0.25) is 9.59 Å². The smallest absolute Gasteiger partial charge is 0.255 e. The summed E-state index contributed by atoms with van der Waals surface area (Å²) in [4.78, 5) is 28.2. The summed E-state index contributed by atoms with van der Waals surface area (Å²) in [5, 5.41) is 3.22. The van der Waals surface area contributed by atoms with E-state index in [1.165, 1.54) is 16.7 Å². The number of rotatable bonds is 6. The Morgan fingerprint density at radius 2 is 1.84 bits per heavy atom. The van der Waals surface area contributed by atoms with E-state index in [9.17, 15) is 9.59 Å². The highest BCUT2D eigenvalue weighted by Gasteiger charge is 2.18. The van der Waals surface area contributed by atoms with Crippen LogP contribution in [0.5, 0.6) is 0 Å². The molecule has 0 unspecified atom stereocenters. The number of thioether (sulfide) groups is 2. The van der Waals surface area contributed by atoms with Gasteiger partial charge in [0.15, 0.2) is 0 Å². The Hall–Kier alpha value is -1.63. The van der Waals surface area contributed by atoms with Crippen LogP contribution in [-0.2, 0) is 4.79 Å². The van der Waals surface area contributed by atoms with E-state index in [1.807, 2.05) is 42.8 Å². The van der Waals surface area contributed by atoms with Crippen molar-refractivity contribution in [1.29, 1.82) is 0 Å². The summed E-state index contributed by atoms with van der Waals surface area (Å²) in [5.74, 6) is -0.538. The number of nitrogens with zero attached hydrogens (tertiary/aromatic N) is 1. The molecule has 0 saturated carbocycles. The second-order valence-corrected chi connectivity index (χ2v) is 7.39. The van der Waals surface area contributed by atoms with Crippen LogP contribution in [0.4, 0.5) is 5.69 Å². The Morgan fingerprint density at radius 3 is 2.52 bits per heavy atom. The zero-order chi connectivity index (χ0) is 18.4. The summed E-state index contributed by atoms with van der Waals surface area (Å²) >= 11 is 9.22. The van der Waals surface area contributed by atoms with Crippen LogP contribution in [0, 0.1) is 0 Å². The van der Waals surface area contributed by atoms with Gasteiger partial charge in [0.2, 0.25) is 5.91 Å². The molecule has 0 radical (unpaired) electrons. The monoisotopic (exact) mass is 394 g/mol. The van der Waals surface area contributed by atoms with E-state index in [-0.39, 0.29) is 18.4 Å². The number of benzene rings is 2. The first-order chi connectivity index (χ1) is 12.0. The Balaban J connectivity index is 2.07. The first-order valence-corrected chi connectivity index (χ1v) is 10.3. The lowest BCUT2D eigenvalue weighted by Crippen LogP contribution is -2.35. The molecular formula is C18H19ClN2O2S2. The van der Waals surface area contributed by atoms with Crippen LogP contribution in [0.1, 0.15) is 10.4 Å². The van der Waals surface area contributed by atoms with E-state index in [2.05, 4.69) is 5.32 Å². The highest BCUT2D eigenvalue weighted by atomic mass is 35.5. The van der Waals surface area contributed by atoms with Gasteiger partial charge in [-0.15, -0.1) is 23.5 Å². The van der Waals surface area contributed by atoms with Crippen LogP contribution in [0.2, 0.25) is 5.02 Å². The van der Waals surface area contributed by atoms with E-state index in [0.29, 0.717) is 10.6 Å². The molecule has 2 aromatic carbocycles. The van der Waals surface area contributed by atoms with Crippen molar-refractivity contribution >= 4 is 52.6 Å². The lowest BCUT2D eigenvalue weighted by atomic mass is 10.2. The summed E-state index contributed by atoms with van der Waals surface area (Å²) in [6.07, 6.45) is 3.87. The molecule has 2 amide bonds. The summed E-state index contributed by atoms with van der Waals surface area (Å²) in [7, 11) is 1.59. The van der Waals surface area contributed by atoms with Gasteiger partial charge in [-0.1, -0.05) is 23.7 Å². The molecule has 0 aliphatic rings. The van der Waals surface area contributed by atoms with Gasteiger partial charge in [-0.2, -0.15) is 0 Å². The third-order valence-electron chi connectivity index (χ3n) is 3.51. The maximum absolute atomic E-state index is 12.6. The van der Waals surface area contributed by atoms with Crippen LogP contribution >= 0.6 is 35.1 Å². The van der Waals surface area contributed by atoms with Gasteiger partial charge in [0.05, 0.1) is 22.8 Å². The Kier molecular flexibility index (Phi) is 7.23. The Morgan fingerprint density at radius 1 is 1.12 bits per heavy atom. The average molecular weight is 395 g/mol. The quantitative estimate of drug-likeness (QED) is 0.733. The van der Waals surface area contributed by atoms with Crippen LogP contribution in [0.25, 0.3) is 0 Å². The Labute approximate surface area is 161 Å². The molecule has 1 N–H and O–H groups in total. The molecule has 0 aliphatic carbocycles. The number of anilines is 1. The molecule has 2 rings (SSSR count). The zero-order valence-corrected chi connectivity index (χ0v) is 16.6. The van der Waals surface area contributed by atoms with E-state index in [1.54, 1.807) is 30.9 Å². The maximum Gasteiger partial charge on any atom is 0.255 e. The number of para-hydroxylation sites is 1. The topological polar surface area (TPSA) is 49.4 Å². The van der Waals surface area contributed by atoms with Crippen molar-refractivity contribution in [2.45, 2.75) is 9.79 Å². The fourth-order valence-electron chi connectivity index (χ4n) is 2.23. The predicted octanol–water partition coefficient (Wildman–Crippen LogP) is 4.49. The second kappa shape index (κ2) is 9.17. The maximum atomic E-state index is 12.6. The minimum Gasteiger partial charge on any atom is -0.332 e. The molecule has 0 fully saturated rings. The minimum absolute atomic E-state index is 0.0542. The van der Waals surface area contributed by atoms with Crippen molar-refractivity contribution in [3.63, 3.8) is 0 Å². The van der Waals surface area contributed by atoms with Crippen molar-refractivity contribution < 1.29 is 9.59 Å². The lowest BCUT2D eigenvalue weighted by Gasteiger charge is -2.18. The van der Waals surface area contributed by atoms with Crippen LogP contribution < -0.4 is 5.32 Å². The molecule has 0 bridgehead atoms. The number of halogens is 1. The van der Waals surface area contributed by atoms with Crippen molar-refractivity contribution in [3.8, 4) is 0 Å². The van der Waals surface area contributed by atoms with Crippen molar-refractivity contribution in [1.82, 2.24) is 4.90 Å². The highest BCUT2D eigenvalue weighted by Crippen LogP contribution is 2.25. The van der Waals surface area contributed by atoms with Gasteiger partial charge in [-0.05, 0) is 42.8 Å². The third kappa shape index (κ3) is 5.17. The predicted molar refractivity (Wildman–Crippen MR) is 107 cm³/mol. The first-order valence-electron chi connectivity index (χ1n) is 7.48. The lowest BCUT2D eigenvalue weighted by molar-refractivity contribution is -0.116. The van der Waals surface area contributed by atoms with E-state index < -0.39 is 0 Å². The fourth-order valence-corrected chi connectivity index (χ4v) is 3.42. The summed E-state index contributed by atoms with van der Waals surface area (Å²) in [6, 6.07) is 12.8. The zero-order valence-electron chi connectivity index (χ0n) is 14.2. The largest absolute Gasteiger partial charge is 0.332 e. The molecule has 0 heterocycles. The number of nitrogens with one attached hydrogen (secondary N) is 1. The number of carbonyl (C=O) groups is 2. The molecule has 4 nitrogen and oxygen atoms in total. The number of hydrogen-bond donors (Lipinski definition) is 1. The number of carbonyl (C=O) groups excluding carboxylic acids is 2. The standard InChI is InChI=1S/C18H19ClN2O2S2/c1-21(18(23)13-10-12(24-2)8-9-14(13)19)11-17(22)20-15-6-4-5-7-16(15)25-3/h4-10H,11H2,1-3H3,(H,20,22). The molecule has 0 atom stereocenters. The van der Waals surface area contributed by atoms with Crippen molar-refractivity contribution in [2.24, 2.45) is 0 Å². The van der Waals surface area contributed by atoms with Crippen LogP contribution in [-0.4, -0.2) is 42.8 Å². The summed E-state index contributed by atoms with van der Waals surface area (Å²) in [6.45, 7) is -0.0542. The van der Waals surface area contributed by atoms with Gasteiger partial charge in [0.25, 0.3) is 5.91 Å². The molecule has 25 heavy (non-hydrogen) atoms. The van der Waals surface area contributed by atoms with Gasteiger partial charge in [0.1, 0.15) is 0 Å². The summed E-state index contributed by atoms with van der Waals surface area (Å²) in [5.41, 5.74) is 1.14. The molecule has 7 heteroatoms. The number of amides is 2. The minimum atomic E-state index is -0.283. The highest BCUT2D eigenvalue weighted by molar-refractivity contribution is 7.99. The fraction of sp³-hybridized carbons (Fsp3) is 0.222. The number of hydrogen-bond acceptors (Lipinski definition) is 4. The van der Waals surface area contributed by atoms with E-state index in [0.717, 1.165) is 15.5 Å². The Bertz CT molecular complexity index is 783. The molecule has 0 aromatic heterocycles. The third-order valence-corrected chi connectivity index (χ3v) is 5.36. The average Bonchev–Trinajstić information content (AvgIpc) is 2.61. The van der Waals surface area contributed by atoms with E-state index in [4.69, 9.17) is 11.6 Å².